The van der Waals surface area contributed by atoms with Crippen molar-refractivity contribution in [1.82, 2.24) is 0 Å². The van der Waals surface area contributed by atoms with E-state index in [4.69, 9.17) is 0 Å². The van der Waals surface area contributed by atoms with Gasteiger partial charge in [-0.15, -0.1) is 0 Å². The molecule has 0 amide bonds. The Kier molecular flexibility index (Phi) is 13.1. The van der Waals surface area contributed by atoms with Gasteiger partial charge in [-0.1, -0.05) is 48.6 Å². The first kappa shape index (κ1) is 16.5. The summed E-state index contributed by atoms with van der Waals surface area (Å²) in [6.07, 6.45) is 28.0. The van der Waals surface area contributed by atoms with E-state index in [1.54, 1.807) is 0 Å². The van der Waals surface area contributed by atoms with E-state index in [0.717, 1.165) is 0 Å². The Bertz CT molecular complexity index is 203. The molecule has 0 N–H and O–H groups in total. The Labute approximate surface area is 116 Å². The first-order valence-corrected chi connectivity index (χ1v) is 6.63. The summed E-state index contributed by atoms with van der Waals surface area (Å²) >= 11 is 0. The molecule has 0 atom stereocenters. The zero-order valence-electron chi connectivity index (χ0n) is 10.6. The summed E-state index contributed by atoms with van der Waals surface area (Å²) in [6.45, 7) is 0. The molecule has 0 fully saturated rings. The molecule has 0 radical (unpaired) electrons. The molecule has 2 rings (SSSR count). The second-order valence-electron chi connectivity index (χ2n) is 4.28. The molecule has 0 aromatic heterocycles. The minimum absolute atomic E-state index is 0. The van der Waals surface area contributed by atoms with E-state index in [-0.39, 0.29) is 16.5 Å². The largest absolute Gasteiger partial charge is 0.0845 e. The van der Waals surface area contributed by atoms with Crippen LogP contribution < -0.4 is 0 Å². The van der Waals surface area contributed by atoms with Crippen LogP contribution in [0.4, 0.5) is 0 Å². The molecule has 0 bridgehead atoms. The molecule has 98 valence electrons. The molecule has 0 unspecified atom stereocenters. The fourth-order valence-electron chi connectivity index (χ4n) is 1.75. The molecule has 0 nitrogen and oxygen atoms in total. The normalized spacial score (nSPS) is 26.4. The van der Waals surface area contributed by atoms with Crippen LogP contribution in [0.1, 0.15) is 51.4 Å². The average Bonchev–Trinajstić information content (AvgIpc) is 2.15. The van der Waals surface area contributed by atoms with Gasteiger partial charge in [0.15, 0.2) is 0 Å². The van der Waals surface area contributed by atoms with Crippen molar-refractivity contribution in [3.05, 3.63) is 48.6 Å². The smallest absolute Gasteiger partial charge is 0 e. The van der Waals surface area contributed by atoms with Crippen LogP contribution in [0.2, 0.25) is 0 Å². The van der Waals surface area contributed by atoms with Gasteiger partial charge in [0.05, 0.1) is 0 Å². The molecule has 2 aliphatic rings. The van der Waals surface area contributed by atoms with Crippen molar-refractivity contribution in [2.24, 2.45) is 0 Å². The van der Waals surface area contributed by atoms with Crippen molar-refractivity contribution >= 4 is 0 Å². The third kappa shape index (κ3) is 11.7. The topological polar surface area (TPSA) is 0 Å². The van der Waals surface area contributed by atoms with Gasteiger partial charge in [0.25, 0.3) is 0 Å². The molecular weight excluding hydrogens is 251 g/mol. The molecule has 17 heavy (non-hydrogen) atoms. The van der Waals surface area contributed by atoms with Gasteiger partial charge in [0.1, 0.15) is 0 Å². The third-order valence-corrected chi connectivity index (χ3v) is 2.75. The quantitative estimate of drug-likeness (QED) is 0.523. The van der Waals surface area contributed by atoms with Crippen LogP contribution in [-0.2, 0) is 16.5 Å². The van der Waals surface area contributed by atoms with Crippen LogP contribution in [0.15, 0.2) is 48.6 Å². The molecule has 1 heteroatoms. The van der Waals surface area contributed by atoms with Gasteiger partial charge < -0.3 is 0 Å². The van der Waals surface area contributed by atoms with Gasteiger partial charge in [0, 0.05) is 16.5 Å². The van der Waals surface area contributed by atoms with Gasteiger partial charge in [-0.2, -0.15) is 0 Å². The van der Waals surface area contributed by atoms with E-state index in [2.05, 4.69) is 48.6 Å². The molecule has 0 aromatic carbocycles. The van der Waals surface area contributed by atoms with Gasteiger partial charge >= 0.3 is 0 Å². The zero-order chi connectivity index (χ0) is 11.3. The minimum Gasteiger partial charge on any atom is -0.0845 e. The van der Waals surface area contributed by atoms with E-state index in [0.29, 0.717) is 0 Å². The van der Waals surface area contributed by atoms with Crippen LogP contribution in [0, 0.1) is 0 Å². The Balaban J connectivity index is 0.000000284. The van der Waals surface area contributed by atoms with Crippen LogP contribution in [0.25, 0.3) is 0 Å². The first-order valence-electron chi connectivity index (χ1n) is 6.63. The summed E-state index contributed by atoms with van der Waals surface area (Å²) in [7, 11) is 0. The Morgan fingerprint density at radius 3 is 0.882 bits per heavy atom. The van der Waals surface area contributed by atoms with E-state index in [1.165, 1.54) is 51.4 Å². The van der Waals surface area contributed by atoms with E-state index < -0.39 is 0 Å². The second-order valence-corrected chi connectivity index (χ2v) is 4.28. The Morgan fingerprint density at radius 2 is 0.647 bits per heavy atom. The fourth-order valence-corrected chi connectivity index (χ4v) is 1.75. The molecule has 0 aliphatic heterocycles. The predicted molar refractivity (Wildman–Crippen MR) is 73.5 cm³/mol. The first-order chi connectivity index (χ1) is 8.00. The number of allylic oxidation sites excluding steroid dienone is 8. The summed E-state index contributed by atoms with van der Waals surface area (Å²) in [6, 6.07) is 0. The molecule has 0 saturated heterocycles. The summed E-state index contributed by atoms with van der Waals surface area (Å²) < 4.78 is 0. The molecule has 0 aromatic rings. The molecule has 2 aliphatic carbocycles. The van der Waals surface area contributed by atoms with Gasteiger partial charge in [0.2, 0.25) is 0 Å². The molecule has 0 saturated carbocycles. The van der Waals surface area contributed by atoms with Crippen LogP contribution in [0.3, 0.4) is 0 Å². The van der Waals surface area contributed by atoms with E-state index >= 15 is 0 Å². The minimum atomic E-state index is 0. The number of rotatable bonds is 0. The number of hydrogen-bond donors (Lipinski definition) is 0. The summed E-state index contributed by atoms with van der Waals surface area (Å²) in [5, 5.41) is 0. The molecular formula is C16H24Ni. The van der Waals surface area contributed by atoms with Crippen LogP contribution in [0.5, 0.6) is 0 Å². The van der Waals surface area contributed by atoms with Crippen molar-refractivity contribution in [1.29, 1.82) is 0 Å². The fraction of sp³-hybridized carbons (Fsp3) is 0.500. The SMILES string of the molecule is C1=C\CCCC\C=C/1.C1=C\CCCC\C=C/1.[Ni]. The Morgan fingerprint density at radius 1 is 0.412 bits per heavy atom. The van der Waals surface area contributed by atoms with Gasteiger partial charge in [-0.05, 0) is 51.4 Å². The average molecular weight is 275 g/mol. The molecule has 0 spiro atoms. The van der Waals surface area contributed by atoms with E-state index in [9.17, 15) is 0 Å². The van der Waals surface area contributed by atoms with Gasteiger partial charge in [-0.25, -0.2) is 0 Å². The van der Waals surface area contributed by atoms with Crippen LogP contribution >= 0.6 is 0 Å². The van der Waals surface area contributed by atoms with Crippen molar-refractivity contribution < 1.29 is 16.5 Å². The standard InChI is InChI=1S/2C8H12.Ni/c2*1-2-4-6-8-7-5-3-1;/h2*1-4H,5-8H2;/b2*3-1-,4-2-;. The second kappa shape index (κ2) is 13.5. The summed E-state index contributed by atoms with van der Waals surface area (Å²) in [4.78, 5) is 0. The number of hydrogen-bond acceptors (Lipinski definition) is 0. The monoisotopic (exact) mass is 274 g/mol. The Hall–Kier alpha value is -0.546. The van der Waals surface area contributed by atoms with Crippen molar-refractivity contribution in [2.75, 3.05) is 0 Å². The van der Waals surface area contributed by atoms with E-state index in [1.807, 2.05) is 0 Å². The summed E-state index contributed by atoms with van der Waals surface area (Å²) in [5.41, 5.74) is 0. The maximum atomic E-state index is 2.23. The van der Waals surface area contributed by atoms with Crippen molar-refractivity contribution in [3.8, 4) is 0 Å². The van der Waals surface area contributed by atoms with Crippen LogP contribution in [-0.4, -0.2) is 0 Å². The maximum Gasteiger partial charge on any atom is 0 e. The third-order valence-electron chi connectivity index (χ3n) is 2.75. The predicted octanol–water partition coefficient (Wildman–Crippen LogP) is 5.34. The zero-order valence-corrected chi connectivity index (χ0v) is 11.6. The maximum absolute atomic E-state index is 2.23. The van der Waals surface area contributed by atoms with Crippen molar-refractivity contribution in [2.45, 2.75) is 51.4 Å². The van der Waals surface area contributed by atoms with Gasteiger partial charge in [-0.3, -0.25) is 0 Å². The molecule has 0 heterocycles. The van der Waals surface area contributed by atoms with Crippen molar-refractivity contribution in [3.63, 3.8) is 0 Å². The summed E-state index contributed by atoms with van der Waals surface area (Å²) in [5.74, 6) is 0.